The number of aryl methyl sites for hydroxylation is 1. The number of carbonyl (C=O) groups is 1. The van der Waals surface area contributed by atoms with Gasteiger partial charge in [-0.15, -0.1) is 0 Å². The third-order valence-corrected chi connectivity index (χ3v) is 5.63. The van der Waals surface area contributed by atoms with Crippen LogP contribution in [0.5, 0.6) is 0 Å². The third kappa shape index (κ3) is 5.46. The first-order chi connectivity index (χ1) is 12.2. The highest BCUT2D eigenvalue weighted by Gasteiger charge is 2.21. The lowest BCUT2D eigenvalue weighted by Crippen LogP contribution is -2.49. The van der Waals surface area contributed by atoms with E-state index in [2.05, 4.69) is 41.4 Å². The monoisotopic (exact) mass is 343 g/mol. The molecule has 1 aliphatic carbocycles. The molecule has 4 heteroatoms. The second-order valence-electron chi connectivity index (χ2n) is 7.60. The largest absolute Gasteiger partial charge is 0.368 e. The van der Waals surface area contributed by atoms with Crippen molar-refractivity contribution in [2.24, 2.45) is 0 Å². The predicted octanol–water partition coefficient (Wildman–Crippen LogP) is 3.35. The van der Waals surface area contributed by atoms with Crippen LogP contribution in [0.4, 0.5) is 5.69 Å². The SMILES string of the molecule is Cc1cccc(N2CCN(C(=O)CCNC3CCCCCC3)CC2)c1. The summed E-state index contributed by atoms with van der Waals surface area (Å²) in [5.41, 5.74) is 2.57. The Balaban J connectivity index is 1.38. The second kappa shape index (κ2) is 9.23. The van der Waals surface area contributed by atoms with Gasteiger partial charge in [-0.1, -0.05) is 37.8 Å². The molecule has 25 heavy (non-hydrogen) atoms. The molecule has 2 fully saturated rings. The van der Waals surface area contributed by atoms with Gasteiger partial charge in [0.1, 0.15) is 0 Å². The number of carbonyl (C=O) groups excluding carboxylic acids is 1. The fourth-order valence-corrected chi connectivity index (χ4v) is 4.06. The van der Waals surface area contributed by atoms with E-state index >= 15 is 0 Å². The van der Waals surface area contributed by atoms with Gasteiger partial charge in [-0.25, -0.2) is 0 Å². The lowest BCUT2D eigenvalue weighted by molar-refractivity contribution is -0.131. The molecule has 0 atom stereocenters. The molecule has 1 aliphatic heterocycles. The first-order valence-electron chi connectivity index (χ1n) is 10.0. The molecule has 3 rings (SSSR count). The van der Waals surface area contributed by atoms with E-state index in [9.17, 15) is 4.79 Å². The van der Waals surface area contributed by atoms with Crippen LogP contribution in [0.25, 0.3) is 0 Å². The Labute approximate surface area is 152 Å². The van der Waals surface area contributed by atoms with E-state index in [0.29, 0.717) is 18.4 Å². The van der Waals surface area contributed by atoms with E-state index in [0.717, 1.165) is 32.7 Å². The van der Waals surface area contributed by atoms with Crippen molar-refractivity contribution in [1.29, 1.82) is 0 Å². The van der Waals surface area contributed by atoms with E-state index < -0.39 is 0 Å². The number of benzene rings is 1. The van der Waals surface area contributed by atoms with E-state index in [1.807, 2.05) is 4.90 Å². The highest BCUT2D eigenvalue weighted by molar-refractivity contribution is 5.76. The first kappa shape index (κ1) is 18.2. The molecule has 1 saturated heterocycles. The van der Waals surface area contributed by atoms with Crippen molar-refractivity contribution in [3.63, 3.8) is 0 Å². The van der Waals surface area contributed by atoms with Gasteiger partial charge in [0, 0.05) is 50.9 Å². The van der Waals surface area contributed by atoms with Crippen LogP contribution in [0.1, 0.15) is 50.5 Å². The van der Waals surface area contributed by atoms with E-state index in [-0.39, 0.29) is 0 Å². The molecule has 1 N–H and O–H groups in total. The molecule has 138 valence electrons. The molecular formula is C21H33N3O. The van der Waals surface area contributed by atoms with Crippen LogP contribution in [-0.4, -0.2) is 49.6 Å². The zero-order valence-corrected chi connectivity index (χ0v) is 15.7. The van der Waals surface area contributed by atoms with Crippen molar-refractivity contribution < 1.29 is 4.79 Å². The number of nitrogens with zero attached hydrogens (tertiary/aromatic N) is 2. The average Bonchev–Trinajstić information content (AvgIpc) is 2.91. The van der Waals surface area contributed by atoms with Crippen molar-refractivity contribution in [1.82, 2.24) is 10.2 Å². The zero-order chi connectivity index (χ0) is 17.5. The number of hydrogen-bond acceptors (Lipinski definition) is 3. The zero-order valence-electron chi connectivity index (χ0n) is 15.7. The van der Waals surface area contributed by atoms with Crippen LogP contribution >= 0.6 is 0 Å². The van der Waals surface area contributed by atoms with Gasteiger partial charge in [-0.05, 0) is 37.5 Å². The summed E-state index contributed by atoms with van der Waals surface area (Å²) < 4.78 is 0. The van der Waals surface area contributed by atoms with Crippen molar-refractivity contribution >= 4 is 11.6 Å². The smallest absolute Gasteiger partial charge is 0.223 e. The van der Waals surface area contributed by atoms with Crippen LogP contribution in [0.15, 0.2) is 24.3 Å². The topological polar surface area (TPSA) is 35.6 Å². The molecule has 2 aliphatic rings. The second-order valence-corrected chi connectivity index (χ2v) is 7.60. The minimum atomic E-state index is 0.310. The molecule has 0 aromatic heterocycles. The van der Waals surface area contributed by atoms with Crippen molar-refractivity contribution in [3.05, 3.63) is 29.8 Å². The maximum Gasteiger partial charge on any atom is 0.223 e. The van der Waals surface area contributed by atoms with Gasteiger partial charge in [-0.2, -0.15) is 0 Å². The Morgan fingerprint density at radius 1 is 1.08 bits per heavy atom. The number of amides is 1. The molecule has 0 unspecified atom stereocenters. The van der Waals surface area contributed by atoms with Gasteiger partial charge in [0.15, 0.2) is 0 Å². The van der Waals surface area contributed by atoms with Gasteiger partial charge in [-0.3, -0.25) is 4.79 Å². The number of nitrogens with one attached hydrogen (secondary N) is 1. The molecule has 4 nitrogen and oxygen atoms in total. The Hall–Kier alpha value is -1.55. The Morgan fingerprint density at radius 3 is 2.48 bits per heavy atom. The minimum absolute atomic E-state index is 0.310. The van der Waals surface area contributed by atoms with Crippen LogP contribution in [-0.2, 0) is 4.79 Å². The number of rotatable bonds is 5. The van der Waals surface area contributed by atoms with Crippen molar-refractivity contribution in [3.8, 4) is 0 Å². The molecule has 0 spiro atoms. The van der Waals surface area contributed by atoms with Crippen LogP contribution < -0.4 is 10.2 Å². The Bertz CT molecular complexity index is 544. The van der Waals surface area contributed by atoms with E-state index in [4.69, 9.17) is 0 Å². The molecule has 1 aromatic carbocycles. The van der Waals surface area contributed by atoms with Gasteiger partial charge in [0.25, 0.3) is 0 Å². The summed E-state index contributed by atoms with van der Waals surface area (Å²) in [6, 6.07) is 9.27. The number of hydrogen-bond donors (Lipinski definition) is 1. The Kier molecular flexibility index (Phi) is 6.74. The lowest BCUT2D eigenvalue weighted by atomic mass is 10.1. The summed E-state index contributed by atoms with van der Waals surface area (Å²) in [6.07, 6.45) is 8.64. The molecular weight excluding hydrogens is 310 g/mol. The summed E-state index contributed by atoms with van der Waals surface area (Å²) in [5, 5.41) is 3.61. The van der Waals surface area contributed by atoms with Crippen molar-refractivity contribution in [2.75, 3.05) is 37.6 Å². The van der Waals surface area contributed by atoms with Gasteiger partial charge >= 0.3 is 0 Å². The average molecular weight is 344 g/mol. The highest BCUT2D eigenvalue weighted by Crippen LogP contribution is 2.19. The quantitative estimate of drug-likeness (QED) is 0.833. The Morgan fingerprint density at radius 2 is 1.80 bits per heavy atom. The molecule has 1 heterocycles. The van der Waals surface area contributed by atoms with Crippen molar-refractivity contribution in [2.45, 2.75) is 57.9 Å². The number of anilines is 1. The summed E-state index contributed by atoms with van der Waals surface area (Å²) in [7, 11) is 0. The lowest BCUT2D eigenvalue weighted by Gasteiger charge is -2.36. The van der Waals surface area contributed by atoms with Crippen LogP contribution in [0.3, 0.4) is 0 Å². The van der Waals surface area contributed by atoms with Gasteiger partial charge in [0.2, 0.25) is 5.91 Å². The predicted molar refractivity (Wildman–Crippen MR) is 104 cm³/mol. The van der Waals surface area contributed by atoms with Crippen LogP contribution in [0.2, 0.25) is 0 Å². The first-order valence-corrected chi connectivity index (χ1v) is 10.0. The normalized spacial score (nSPS) is 19.7. The molecule has 1 amide bonds. The third-order valence-electron chi connectivity index (χ3n) is 5.63. The minimum Gasteiger partial charge on any atom is -0.368 e. The molecule has 0 bridgehead atoms. The number of piperazine rings is 1. The fourth-order valence-electron chi connectivity index (χ4n) is 4.06. The fraction of sp³-hybridized carbons (Fsp3) is 0.667. The summed E-state index contributed by atoms with van der Waals surface area (Å²) >= 11 is 0. The van der Waals surface area contributed by atoms with E-state index in [1.165, 1.54) is 49.8 Å². The maximum atomic E-state index is 12.5. The van der Waals surface area contributed by atoms with Crippen LogP contribution in [0, 0.1) is 6.92 Å². The summed E-state index contributed by atoms with van der Waals surface area (Å²) in [6.45, 7) is 6.52. The highest BCUT2D eigenvalue weighted by atomic mass is 16.2. The summed E-state index contributed by atoms with van der Waals surface area (Å²) in [4.78, 5) is 16.9. The summed E-state index contributed by atoms with van der Waals surface area (Å²) in [5.74, 6) is 0.310. The standard InChI is InChI=1S/C21H33N3O/c1-18-7-6-10-20(17-18)23-13-15-24(16-14-23)21(25)11-12-22-19-8-4-2-3-5-9-19/h6-7,10,17,19,22H,2-5,8-9,11-16H2,1H3. The van der Waals surface area contributed by atoms with E-state index in [1.54, 1.807) is 0 Å². The van der Waals surface area contributed by atoms with Gasteiger partial charge in [0.05, 0.1) is 0 Å². The molecule has 1 aromatic rings. The molecule has 0 radical (unpaired) electrons. The maximum absolute atomic E-state index is 12.5. The molecule has 1 saturated carbocycles. The van der Waals surface area contributed by atoms with Gasteiger partial charge < -0.3 is 15.1 Å².